The zero-order valence-electron chi connectivity index (χ0n) is 8.99. The van der Waals surface area contributed by atoms with Crippen LogP contribution in [0.5, 0.6) is 0 Å². The number of thiophene rings is 1. The van der Waals surface area contributed by atoms with Crippen molar-refractivity contribution in [1.82, 2.24) is 5.32 Å². The van der Waals surface area contributed by atoms with Gasteiger partial charge in [0, 0.05) is 6.54 Å². The fraction of sp³-hybridized carbons (Fsp3) is 0.636. The van der Waals surface area contributed by atoms with Gasteiger partial charge in [0.05, 0.1) is 0 Å². The van der Waals surface area contributed by atoms with E-state index in [1.807, 2.05) is 0 Å². The van der Waals surface area contributed by atoms with Gasteiger partial charge in [-0.3, -0.25) is 0 Å². The minimum atomic E-state index is 0.591. The van der Waals surface area contributed by atoms with Crippen molar-refractivity contribution < 1.29 is 0 Å². The molecule has 0 aliphatic carbocycles. The highest BCUT2D eigenvalue weighted by atomic mass is 32.1. The van der Waals surface area contributed by atoms with E-state index in [0.717, 1.165) is 19.6 Å². The van der Waals surface area contributed by atoms with Gasteiger partial charge in [0.2, 0.25) is 0 Å². The van der Waals surface area contributed by atoms with Crippen LogP contribution in [0, 0.1) is 11.8 Å². The highest BCUT2D eigenvalue weighted by molar-refractivity contribution is 7.07. The van der Waals surface area contributed by atoms with Crippen molar-refractivity contribution >= 4 is 11.3 Å². The summed E-state index contributed by atoms with van der Waals surface area (Å²) < 4.78 is 0. The molecule has 0 spiro atoms. The summed E-state index contributed by atoms with van der Waals surface area (Å²) in [7, 11) is 0. The summed E-state index contributed by atoms with van der Waals surface area (Å²) >= 11 is 1.75. The maximum Gasteiger partial charge on any atom is 0.0213 e. The van der Waals surface area contributed by atoms with Crippen molar-refractivity contribution in [2.24, 2.45) is 17.6 Å². The van der Waals surface area contributed by atoms with Crippen molar-refractivity contribution in [3.63, 3.8) is 0 Å². The minimum absolute atomic E-state index is 0.591. The molecule has 0 aliphatic heterocycles. The van der Waals surface area contributed by atoms with Crippen molar-refractivity contribution in [2.45, 2.75) is 20.4 Å². The van der Waals surface area contributed by atoms with Gasteiger partial charge in [-0.05, 0) is 47.3 Å². The topological polar surface area (TPSA) is 38.0 Å². The molecule has 3 N–H and O–H groups in total. The molecule has 2 nitrogen and oxygen atoms in total. The molecule has 3 heteroatoms. The second-order valence-corrected chi connectivity index (χ2v) is 4.78. The van der Waals surface area contributed by atoms with E-state index in [2.05, 4.69) is 36.0 Å². The van der Waals surface area contributed by atoms with Gasteiger partial charge in [-0.2, -0.15) is 11.3 Å². The Hall–Kier alpha value is -0.380. The molecule has 0 saturated carbocycles. The zero-order chi connectivity index (χ0) is 10.4. The number of nitrogens with one attached hydrogen (secondary N) is 1. The molecule has 0 fully saturated rings. The quantitative estimate of drug-likeness (QED) is 0.757. The number of rotatable bonds is 6. The maximum atomic E-state index is 5.70. The fourth-order valence-corrected chi connectivity index (χ4v) is 2.05. The monoisotopic (exact) mass is 212 g/mol. The van der Waals surface area contributed by atoms with Crippen LogP contribution >= 0.6 is 11.3 Å². The van der Waals surface area contributed by atoms with Crippen LogP contribution in [0.3, 0.4) is 0 Å². The standard InChI is InChI=1S/C11H20N2S/c1-9(2)11(5-12)7-13-6-10-3-4-14-8-10/h3-4,8-9,11,13H,5-7,12H2,1-2H3. The third-order valence-electron chi connectivity index (χ3n) is 2.56. The molecule has 0 aromatic carbocycles. The van der Waals surface area contributed by atoms with Gasteiger partial charge in [-0.25, -0.2) is 0 Å². The normalized spacial score (nSPS) is 13.4. The first-order chi connectivity index (χ1) is 6.74. The van der Waals surface area contributed by atoms with Crippen LogP contribution in [-0.4, -0.2) is 13.1 Å². The second-order valence-electron chi connectivity index (χ2n) is 4.00. The third-order valence-corrected chi connectivity index (χ3v) is 3.29. The Bertz CT molecular complexity index is 231. The average Bonchev–Trinajstić information content (AvgIpc) is 2.64. The third kappa shape index (κ3) is 3.78. The Balaban J connectivity index is 2.20. The molecule has 1 aromatic heterocycles. The van der Waals surface area contributed by atoms with Crippen LogP contribution < -0.4 is 11.1 Å². The molecule has 1 rings (SSSR count). The Morgan fingerprint density at radius 3 is 2.79 bits per heavy atom. The summed E-state index contributed by atoms with van der Waals surface area (Å²) in [6.07, 6.45) is 0. The fourth-order valence-electron chi connectivity index (χ4n) is 1.39. The van der Waals surface area contributed by atoms with Gasteiger partial charge in [0.1, 0.15) is 0 Å². The van der Waals surface area contributed by atoms with Crippen molar-refractivity contribution in [3.05, 3.63) is 22.4 Å². The van der Waals surface area contributed by atoms with Crippen molar-refractivity contribution in [1.29, 1.82) is 0 Å². The molecular formula is C11H20N2S. The molecule has 0 aliphatic rings. The first kappa shape index (κ1) is 11.7. The van der Waals surface area contributed by atoms with Gasteiger partial charge in [0.25, 0.3) is 0 Å². The zero-order valence-corrected chi connectivity index (χ0v) is 9.81. The van der Waals surface area contributed by atoms with Crippen LogP contribution in [-0.2, 0) is 6.54 Å². The van der Waals surface area contributed by atoms with E-state index in [9.17, 15) is 0 Å². The van der Waals surface area contributed by atoms with Crippen LogP contribution in [0.4, 0.5) is 0 Å². The molecule has 0 radical (unpaired) electrons. The van der Waals surface area contributed by atoms with Gasteiger partial charge in [0.15, 0.2) is 0 Å². The van der Waals surface area contributed by atoms with Crippen LogP contribution in [0.15, 0.2) is 16.8 Å². The first-order valence-corrected chi connectivity index (χ1v) is 6.10. The van der Waals surface area contributed by atoms with Gasteiger partial charge in [-0.1, -0.05) is 13.8 Å². The molecule has 1 unspecified atom stereocenters. The van der Waals surface area contributed by atoms with Gasteiger partial charge >= 0.3 is 0 Å². The lowest BCUT2D eigenvalue weighted by Crippen LogP contribution is -2.31. The lowest BCUT2D eigenvalue weighted by Gasteiger charge is -2.19. The maximum absolute atomic E-state index is 5.70. The summed E-state index contributed by atoms with van der Waals surface area (Å²) in [6.45, 7) is 7.21. The van der Waals surface area contributed by atoms with Crippen molar-refractivity contribution in [3.8, 4) is 0 Å². The molecule has 1 heterocycles. The summed E-state index contributed by atoms with van der Waals surface area (Å²) in [6, 6.07) is 2.16. The predicted molar refractivity (Wildman–Crippen MR) is 63.4 cm³/mol. The smallest absolute Gasteiger partial charge is 0.0213 e. The van der Waals surface area contributed by atoms with Crippen LogP contribution in [0.2, 0.25) is 0 Å². The Morgan fingerprint density at radius 1 is 1.50 bits per heavy atom. The second kappa shape index (κ2) is 6.17. The number of hydrogen-bond acceptors (Lipinski definition) is 3. The molecule has 0 bridgehead atoms. The van der Waals surface area contributed by atoms with E-state index in [4.69, 9.17) is 5.73 Å². The Morgan fingerprint density at radius 2 is 2.29 bits per heavy atom. The lowest BCUT2D eigenvalue weighted by atomic mass is 9.96. The van der Waals surface area contributed by atoms with E-state index in [1.54, 1.807) is 11.3 Å². The van der Waals surface area contributed by atoms with E-state index >= 15 is 0 Å². The SMILES string of the molecule is CC(C)C(CN)CNCc1ccsc1. The van der Waals surface area contributed by atoms with Crippen molar-refractivity contribution in [2.75, 3.05) is 13.1 Å². The first-order valence-electron chi connectivity index (χ1n) is 5.16. The summed E-state index contributed by atoms with van der Waals surface area (Å²) in [5.74, 6) is 1.25. The molecule has 14 heavy (non-hydrogen) atoms. The molecule has 80 valence electrons. The van der Waals surface area contributed by atoms with E-state index in [1.165, 1.54) is 5.56 Å². The highest BCUT2D eigenvalue weighted by Gasteiger charge is 2.10. The molecule has 0 amide bonds. The Kier molecular flexibility index (Phi) is 5.15. The molecule has 1 aromatic rings. The largest absolute Gasteiger partial charge is 0.330 e. The van der Waals surface area contributed by atoms with E-state index in [0.29, 0.717) is 11.8 Å². The summed E-state index contributed by atoms with van der Waals surface area (Å²) in [4.78, 5) is 0. The average molecular weight is 212 g/mol. The van der Waals surface area contributed by atoms with E-state index < -0.39 is 0 Å². The van der Waals surface area contributed by atoms with Gasteiger partial charge in [-0.15, -0.1) is 0 Å². The molecular weight excluding hydrogens is 192 g/mol. The lowest BCUT2D eigenvalue weighted by molar-refractivity contribution is 0.371. The molecule has 0 saturated heterocycles. The summed E-state index contributed by atoms with van der Waals surface area (Å²) in [5.41, 5.74) is 7.07. The molecule has 1 atom stereocenters. The highest BCUT2D eigenvalue weighted by Crippen LogP contribution is 2.09. The number of hydrogen-bond donors (Lipinski definition) is 2. The van der Waals surface area contributed by atoms with Gasteiger partial charge < -0.3 is 11.1 Å². The number of nitrogens with two attached hydrogens (primary N) is 1. The van der Waals surface area contributed by atoms with E-state index in [-0.39, 0.29) is 0 Å². The van der Waals surface area contributed by atoms with Crippen LogP contribution in [0.1, 0.15) is 19.4 Å². The summed E-state index contributed by atoms with van der Waals surface area (Å²) in [5, 5.41) is 7.74. The Labute approximate surface area is 90.5 Å². The van der Waals surface area contributed by atoms with Crippen LogP contribution in [0.25, 0.3) is 0 Å². The minimum Gasteiger partial charge on any atom is -0.330 e. The predicted octanol–water partition coefficient (Wildman–Crippen LogP) is 2.07.